The molecule has 1 aliphatic rings. The smallest absolute Gasteiger partial charge is 0.306 e. The lowest BCUT2D eigenvalue weighted by molar-refractivity contribution is 0.289. The van der Waals surface area contributed by atoms with Gasteiger partial charge in [0, 0.05) is 42.5 Å². The predicted molar refractivity (Wildman–Crippen MR) is 148 cm³/mol. The van der Waals surface area contributed by atoms with Crippen LogP contribution in [0.1, 0.15) is 23.2 Å². The Bertz CT molecular complexity index is 1530. The summed E-state index contributed by atoms with van der Waals surface area (Å²) in [6.07, 6.45) is 3.95. The lowest BCUT2D eigenvalue weighted by Crippen LogP contribution is -2.27. The molecule has 2 aromatic carbocycles. The van der Waals surface area contributed by atoms with Crippen molar-refractivity contribution in [2.45, 2.75) is 31.3 Å². The van der Waals surface area contributed by atoms with Crippen LogP contribution in [0, 0.1) is 6.92 Å². The minimum Gasteiger partial charge on any atom is -0.383 e. The number of hydrogen-bond donors (Lipinski definition) is 0. The second kappa shape index (κ2) is 10.8. The van der Waals surface area contributed by atoms with E-state index in [4.69, 9.17) is 4.18 Å². The highest BCUT2D eigenvalue weighted by Crippen LogP contribution is 2.29. The largest absolute Gasteiger partial charge is 0.383 e. The van der Waals surface area contributed by atoms with Crippen LogP contribution in [-0.4, -0.2) is 64.7 Å². The summed E-state index contributed by atoms with van der Waals surface area (Å²) in [6.45, 7) is 4.95. The lowest BCUT2D eigenvalue weighted by atomic mass is 10.0. The monoisotopic (exact) mass is 537 g/mol. The van der Waals surface area contributed by atoms with E-state index in [1.54, 1.807) is 17.8 Å². The SMILES string of the molecule is Cc1ccc2c(-c3nnc(SCCCN4CCc5ccc(OS(C)(=O)=O)cc5CC4)n3C)cccc2n1. The molecule has 0 fully saturated rings. The average Bonchev–Trinajstić information content (AvgIpc) is 3.09. The van der Waals surface area contributed by atoms with Crippen LogP contribution in [0.3, 0.4) is 0 Å². The first-order valence-corrected chi connectivity index (χ1v) is 15.2. The van der Waals surface area contributed by atoms with Gasteiger partial charge in [-0.05, 0) is 68.1 Å². The van der Waals surface area contributed by atoms with Gasteiger partial charge in [0.2, 0.25) is 0 Å². The van der Waals surface area contributed by atoms with Gasteiger partial charge in [-0.15, -0.1) is 10.2 Å². The molecule has 8 nitrogen and oxygen atoms in total. The number of fused-ring (bicyclic) bond motifs is 2. The van der Waals surface area contributed by atoms with Gasteiger partial charge in [0.1, 0.15) is 5.75 Å². The van der Waals surface area contributed by atoms with Gasteiger partial charge < -0.3 is 13.7 Å². The first-order valence-electron chi connectivity index (χ1n) is 12.4. The van der Waals surface area contributed by atoms with E-state index >= 15 is 0 Å². The zero-order valence-electron chi connectivity index (χ0n) is 21.3. The van der Waals surface area contributed by atoms with Gasteiger partial charge in [0.15, 0.2) is 11.0 Å². The maximum atomic E-state index is 11.5. The quantitative estimate of drug-likeness (QED) is 0.187. The zero-order valence-corrected chi connectivity index (χ0v) is 23.0. The highest BCUT2D eigenvalue weighted by atomic mass is 32.2. The summed E-state index contributed by atoms with van der Waals surface area (Å²) in [5.41, 5.74) is 5.44. The van der Waals surface area contributed by atoms with Crippen molar-refractivity contribution >= 4 is 32.8 Å². The summed E-state index contributed by atoms with van der Waals surface area (Å²) in [4.78, 5) is 7.12. The topological polar surface area (TPSA) is 90.2 Å². The zero-order chi connectivity index (χ0) is 26.0. The first kappa shape index (κ1) is 25.7. The molecule has 0 spiro atoms. The molecule has 4 aromatic rings. The van der Waals surface area contributed by atoms with Crippen LogP contribution in [0.2, 0.25) is 0 Å². The lowest BCUT2D eigenvalue weighted by Gasteiger charge is -2.19. The Hall–Kier alpha value is -2.95. The Kier molecular flexibility index (Phi) is 7.50. The van der Waals surface area contributed by atoms with Crippen LogP contribution in [0.5, 0.6) is 5.75 Å². The summed E-state index contributed by atoms with van der Waals surface area (Å²) in [7, 11) is -1.50. The third-order valence-electron chi connectivity index (χ3n) is 6.62. The Morgan fingerprint density at radius 3 is 2.65 bits per heavy atom. The molecule has 0 aliphatic carbocycles. The molecule has 0 radical (unpaired) electrons. The van der Waals surface area contributed by atoms with Gasteiger partial charge in [-0.2, -0.15) is 8.42 Å². The van der Waals surface area contributed by atoms with Crippen LogP contribution < -0.4 is 4.18 Å². The Labute approximate surface area is 222 Å². The molecule has 0 saturated heterocycles. The van der Waals surface area contributed by atoms with Crippen LogP contribution in [0.4, 0.5) is 0 Å². The fourth-order valence-electron chi connectivity index (χ4n) is 4.78. The fourth-order valence-corrected chi connectivity index (χ4v) is 6.06. The van der Waals surface area contributed by atoms with E-state index in [9.17, 15) is 8.42 Å². The van der Waals surface area contributed by atoms with Crippen LogP contribution in [0.25, 0.3) is 22.3 Å². The standard InChI is InChI=1S/C27H31N5O3S2/c1-19-8-11-23-24(6-4-7-25(23)28-19)26-29-30-27(31(26)2)36-17-5-14-32-15-12-20-9-10-22(35-37(3,33)34)18-21(20)13-16-32/h4,6-11,18H,5,12-17H2,1-3H3. The molecular weight excluding hydrogens is 506 g/mol. The van der Waals surface area contributed by atoms with Gasteiger partial charge >= 0.3 is 10.1 Å². The van der Waals surface area contributed by atoms with Crippen molar-refractivity contribution in [3.63, 3.8) is 0 Å². The van der Waals surface area contributed by atoms with Gasteiger partial charge in [-0.3, -0.25) is 4.98 Å². The van der Waals surface area contributed by atoms with Crippen molar-refractivity contribution in [3.05, 3.63) is 65.4 Å². The van der Waals surface area contributed by atoms with Crippen LogP contribution >= 0.6 is 11.8 Å². The maximum Gasteiger partial charge on any atom is 0.306 e. The summed E-state index contributed by atoms with van der Waals surface area (Å²) >= 11 is 1.73. The number of hydrogen-bond acceptors (Lipinski definition) is 8. The van der Waals surface area contributed by atoms with Crippen molar-refractivity contribution in [3.8, 4) is 17.1 Å². The number of aromatic nitrogens is 4. The Morgan fingerprint density at radius 1 is 1.03 bits per heavy atom. The van der Waals surface area contributed by atoms with E-state index in [2.05, 4.69) is 36.8 Å². The Morgan fingerprint density at radius 2 is 1.84 bits per heavy atom. The maximum absolute atomic E-state index is 11.5. The van der Waals surface area contributed by atoms with E-state index in [1.807, 2.05) is 44.3 Å². The Balaban J connectivity index is 1.16. The molecule has 0 N–H and O–H groups in total. The third kappa shape index (κ3) is 6.14. The van der Waals surface area contributed by atoms with E-state index < -0.39 is 10.1 Å². The molecule has 1 aliphatic heterocycles. The summed E-state index contributed by atoms with van der Waals surface area (Å²) < 4.78 is 30.0. The summed E-state index contributed by atoms with van der Waals surface area (Å²) in [5, 5.41) is 11.0. The molecule has 3 heterocycles. The second-order valence-corrected chi connectivity index (χ2v) is 12.1. The molecule has 10 heteroatoms. The number of aryl methyl sites for hydroxylation is 1. The summed E-state index contributed by atoms with van der Waals surface area (Å²) in [6, 6.07) is 15.9. The number of benzene rings is 2. The molecular formula is C27H31N5O3S2. The first-order chi connectivity index (χ1) is 17.8. The normalized spacial score (nSPS) is 14.5. The molecule has 0 atom stereocenters. The molecule has 194 valence electrons. The molecule has 2 aromatic heterocycles. The predicted octanol–water partition coefficient (Wildman–Crippen LogP) is 4.26. The van der Waals surface area contributed by atoms with E-state index in [0.717, 1.165) is 84.0 Å². The molecule has 0 saturated carbocycles. The van der Waals surface area contributed by atoms with Crippen molar-refractivity contribution in [2.75, 3.05) is 31.6 Å². The van der Waals surface area contributed by atoms with Gasteiger partial charge in [-0.25, -0.2) is 0 Å². The second-order valence-electron chi connectivity index (χ2n) is 9.45. The van der Waals surface area contributed by atoms with Gasteiger partial charge in [0.05, 0.1) is 11.8 Å². The number of pyridine rings is 1. The molecule has 0 amide bonds. The molecule has 37 heavy (non-hydrogen) atoms. The molecule has 0 unspecified atom stereocenters. The third-order valence-corrected chi connectivity index (χ3v) is 8.22. The average molecular weight is 538 g/mol. The van der Waals surface area contributed by atoms with E-state index in [-0.39, 0.29) is 0 Å². The fraction of sp³-hybridized carbons (Fsp3) is 0.370. The van der Waals surface area contributed by atoms with E-state index in [0.29, 0.717) is 5.75 Å². The van der Waals surface area contributed by atoms with Crippen molar-refractivity contribution in [1.29, 1.82) is 0 Å². The van der Waals surface area contributed by atoms with Crippen LogP contribution in [-0.2, 0) is 30.0 Å². The highest BCUT2D eigenvalue weighted by Gasteiger charge is 2.17. The number of rotatable bonds is 8. The minimum atomic E-state index is -3.52. The van der Waals surface area contributed by atoms with Crippen LogP contribution in [0.15, 0.2) is 53.7 Å². The molecule has 0 bridgehead atoms. The minimum absolute atomic E-state index is 0.393. The van der Waals surface area contributed by atoms with Crippen molar-refractivity contribution in [2.24, 2.45) is 7.05 Å². The van der Waals surface area contributed by atoms with E-state index in [1.165, 1.54) is 11.1 Å². The van der Waals surface area contributed by atoms with Crippen molar-refractivity contribution < 1.29 is 12.6 Å². The van der Waals surface area contributed by atoms with Crippen molar-refractivity contribution in [1.82, 2.24) is 24.6 Å². The number of nitrogens with zero attached hydrogens (tertiary/aromatic N) is 5. The van der Waals surface area contributed by atoms with Gasteiger partial charge in [0.25, 0.3) is 0 Å². The van der Waals surface area contributed by atoms with Gasteiger partial charge in [-0.1, -0.05) is 36.0 Å². The number of thioether (sulfide) groups is 1. The summed E-state index contributed by atoms with van der Waals surface area (Å²) in [5.74, 6) is 2.20. The molecule has 5 rings (SSSR count). The highest BCUT2D eigenvalue weighted by molar-refractivity contribution is 7.99.